The van der Waals surface area contributed by atoms with Gasteiger partial charge in [0.2, 0.25) is 5.95 Å². The highest BCUT2D eigenvalue weighted by Crippen LogP contribution is 2.33. The van der Waals surface area contributed by atoms with Crippen molar-refractivity contribution >= 4 is 17.3 Å². The van der Waals surface area contributed by atoms with Crippen LogP contribution in [0.2, 0.25) is 0 Å². The molecule has 6 nitrogen and oxygen atoms in total. The van der Waals surface area contributed by atoms with E-state index in [9.17, 15) is 0 Å². The normalized spacial score (nSPS) is 11.2. The average Bonchev–Trinajstić information content (AvgIpc) is 3.30. The van der Waals surface area contributed by atoms with Crippen molar-refractivity contribution in [1.82, 2.24) is 20.0 Å². The van der Waals surface area contributed by atoms with Crippen molar-refractivity contribution in [1.29, 1.82) is 0 Å². The van der Waals surface area contributed by atoms with Gasteiger partial charge in [-0.15, -0.1) is 11.3 Å². The number of nitrogens with zero attached hydrogens (tertiary/aromatic N) is 4. The first-order valence-electron chi connectivity index (χ1n) is 8.52. The Bertz CT molecular complexity index is 796. The standard InChI is InChI=1S/C18H23N5OS/c1-4-23(5-2)9-8-19-18-20-12-14(15-11-13(3)22-24-15)17(21-18)16-7-6-10-25-16/h6-7,10-12H,4-5,8-9H2,1-3H3,(H,19,20,21). The molecule has 1 N–H and O–H groups in total. The molecular weight excluding hydrogens is 334 g/mol. The molecule has 0 amide bonds. The van der Waals surface area contributed by atoms with Crippen LogP contribution in [0, 0.1) is 6.92 Å². The van der Waals surface area contributed by atoms with Gasteiger partial charge in [0.15, 0.2) is 5.76 Å². The molecule has 0 aliphatic heterocycles. The highest BCUT2D eigenvalue weighted by atomic mass is 32.1. The second-order valence-electron chi connectivity index (χ2n) is 5.72. The minimum absolute atomic E-state index is 0.635. The van der Waals surface area contributed by atoms with Gasteiger partial charge in [-0.1, -0.05) is 25.1 Å². The fourth-order valence-corrected chi connectivity index (χ4v) is 3.33. The summed E-state index contributed by atoms with van der Waals surface area (Å²) in [7, 11) is 0. The first-order valence-corrected chi connectivity index (χ1v) is 9.40. The molecule has 0 saturated carbocycles. The van der Waals surface area contributed by atoms with Gasteiger partial charge in [0.05, 0.1) is 21.8 Å². The van der Waals surface area contributed by atoms with Gasteiger partial charge in [0.25, 0.3) is 0 Å². The van der Waals surface area contributed by atoms with Gasteiger partial charge < -0.3 is 14.7 Å². The fraction of sp³-hybridized carbons (Fsp3) is 0.389. The molecule has 3 heterocycles. The molecule has 25 heavy (non-hydrogen) atoms. The van der Waals surface area contributed by atoms with Gasteiger partial charge in [-0.2, -0.15) is 0 Å². The van der Waals surface area contributed by atoms with Gasteiger partial charge in [-0.3, -0.25) is 0 Å². The largest absolute Gasteiger partial charge is 0.356 e. The van der Waals surface area contributed by atoms with Crippen molar-refractivity contribution in [2.75, 3.05) is 31.5 Å². The van der Waals surface area contributed by atoms with Gasteiger partial charge in [-0.25, -0.2) is 9.97 Å². The summed E-state index contributed by atoms with van der Waals surface area (Å²) in [4.78, 5) is 12.6. The smallest absolute Gasteiger partial charge is 0.223 e. The summed E-state index contributed by atoms with van der Waals surface area (Å²) in [5.74, 6) is 1.33. The highest BCUT2D eigenvalue weighted by molar-refractivity contribution is 7.13. The Labute approximate surface area is 151 Å². The Morgan fingerprint density at radius 3 is 2.76 bits per heavy atom. The van der Waals surface area contributed by atoms with E-state index in [0.29, 0.717) is 11.7 Å². The van der Waals surface area contributed by atoms with E-state index in [1.54, 1.807) is 11.3 Å². The Morgan fingerprint density at radius 2 is 2.12 bits per heavy atom. The summed E-state index contributed by atoms with van der Waals surface area (Å²) in [6, 6.07) is 5.98. The number of thiophene rings is 1. The zero-order chi connectivity index (χ0) is 17.6. The molecule has 0 spiro atoms. The third-order valence-corrected chi connectivity index (χ3v) is 4.92. The zero-order valence-corrected chi connectivity index (χ0v) is 15.6. The van der Waals surface area contributed by atoms with E-state index in [0.717, 1.165) is 48.0 Å². The minimum atomic E-state index is 0.635. The summed E-state index contributed by atoms with van der Waals surface area (Å²) in [5, 5.41) is 9.34. The molecule has 0 aliphatic carbocycles. The third kappa shape index (κ3) is 4.24. The van der Waals surface area contributed by atoms with E-state index >= 15 is 0 Å². The second kappa shape index (κ2) is 8.22. The van der Waals surface area contributed by atoms with Crippen molar-refractivity contribution in [3.8, 4) is 21.9 Å². The zero-order valence-electron chi connectivity index (χ0n) is 14.8. The van der Waals surface area contributed by atoms with Crippen LogP contribution >= 0.6 is 11.3 Å². The first kappa shape index (κ1) is 17.6. The number of aromatic nitrogens is 3. The molecule has 132 valence electrons. The highest BCUT2D eigenvalue weighted by Gasteiger charge is 2.16. The van der Waals surface area contributed by atoms with Gasteiger partial charge in [0, 0.05) is 25.4 Å². The molecule has 0 saturated heterocycles. The molecule has 0 aliphatic rings. The first-order chi connectivity index (χ1) is 12.2. The van der Waals surface area contributed by atoms with Crippen LogP contribution in [0.4, 0.5) is 5.95 Å². The van der Waals surface area contributed by atoms with Crippen molar-refractivity contribution in [2.24, 2.45) is 0 Å². The van der Waals surface area contributed by atoms with Gasteiger partial charge in [0.1, 0.15) is 0 Å². The maximum atomic E-state index is 5.42. The van der Waals surface area contributed by atoms with E-state index in [1.165, 1.54) is 0 Å². The molecule has 0 bridgehead atoms. The Morgan fingerprint density at radius 1 is 1.28 bits per heavy atom. The van der Waals surface area contributed by atoms with Crippen molar-refractivity contribution in [3.05, 3.63) is 35.5 Å². The van der Waals surface area contributed by atoms with Crippen LogP contribution in [0.15, 0.2) is 34.3 Å². The van der Waals surface area contributed by atoms with Crippen LogP contribution in [0.25, 0.3) is 21.9 Å². The molecule has 0 fully saturated rings. The second-order valence-corrected chi connectivity index (χ2v) is 6.67. The fourth-order valence-electron chi connectivity index (χ4n) is 2.60. The van der Waals surface area contributed by atoms with Gasteiger partial charge in [-0.05, 0) is 31.5 Å². The number of anilines is 1. The summed E-state index contributed by atoms with van der Waals surface area (Å²) in [6.07, 6.45) is 1.81. The molecule has 3 aromatic heterocycles. The van der Waals surface area contributed by atoms with Crippen LogP contribution in [0.3, 0.4) is 0 Å². The monoisotopic (exact) mass is 357 g/mol. The summed E-state index contributed by atoms with van der Waals surface area (Å²) < 4.78 is 5.42. The molecule has 3 rings (SSSR count). The lowest BCUT2D eigenvalue weighted by atomic mass is 10.1. The number of hydrogen-bond donors (Lipinski definition) is 1. The lowest BCUT2D eigenvalue weighted by Crippen LogP contribution is -2.29. The minimum Gasteiger partial charge on any atom is -0.356 e. The van der Waals surface area contributed by atoms with E-state index in [4.69, 9.17) is 9.51 Å². The number of likely N-dealkylation sites (N-methyl/N-ethyl adjacent to an activating group) is 1. The third-order valence-electron chi connectivity index (χ3n) is 4.04. The predicted molar refractivity (Wildman–Crippen MR) is 102 cm³/mol. The van der Waals surface area contributed by atoms with Crippen LogP contribution < -0.4 is 5.32 Å². The summed E-state index contributed by atoms with van der Waals surface area (Å²) in [6.45, 7) is 10.1. The topological polar surface area (TPSA) is 67.1 Å². The predicted octanol–water partition coefficient (Wildman–Crippen LogP) is 3.92. The maximum Gasteiger partial charge on any atom is 0.223 e. The van der Waals surface area contributed by atoms with Crippen molar-refractivity contribution in [2.45, 2.75) is 20.8 Å². The molecule has 0 atom stereocenters. The SMILES string of the molecule is CCN(CC)CCNc1ncc(-c2cc(C)no2)c(-c2cccs2)n1. The summed E-state index contributed by atoms with van der Waals surface area (Å²) >= 11 is 1.65. The molecule has 0 radical (unpaired) electrons. The molecule has 7 heteroatoms. The lowest BCUT2D eigenvalue weighted by molar-refractivity contribution is 0.316. The van der Waals surface area contributed by atoms with E-state index in [1.807, 2.05) is 30.6 Å². The van der Waals surface area contributed by atoms with E-state index < -0.39 is 0 Å². The summed E-state index contributed by atoms with van der Waals surface area (Å²) in [5.41, 5.74) is 2.57. The van der Waals surface area contributed by atoms with Gasteiger partial charge >= 0.3 is 0 Å². The number of hydrogen-bond acceptors (Lipinski definition) is 7. The number of rotatable bonds is 8. The van der Waals surface area contributed by atoms with E-state index in [-0.39, 0.29) is 0 Å². The molecule has 0 unspecified atom stereocenters. The average molecular weight is 357 g/mol. The number of aryl methyl sites for hydroxylation is 1. The lowest BCUT2D eigenvalue weighted by Gasteiger charge is -2.18. The number of nitrogens with one attached hydrogen (secondary N) is 1. The molecular formula is C18H23N5OS. The van der Waals surface area contributed by atoms with Crippen LogP contribution in [-0.2, 0) is 0 Å². The van der Waals surface area contributed by atoms with Crippen LogP contribution in [0.5, 0.6) is 0 Å². The van der Waals surface area contributed by atoms with Crippen LogP contribution in [0.1, 0.15) is 19.5 Å². The molecule has 0 aromatic carbocycles. The van der Waals surface area contributed by atoms with Crippen LogP contribution in [-0.4, -0.2) is 46.2 Å². The van der Waals surface area contributed by atoms with Crippen molar-refractivity contribution < 1.29 is 4.52 Å². The maximum absolute atomic E-state index is 5.42. The van der Waals surface area contributed by atoms with E-state index in [2.05, 4.69) is 40.3 Å². The van der Waals surface area contributed by atoms with Crippen molar-refractivity contribution in [3.63, 3.8) is 0 Å². The Kier molecular flexibility index (Phi) is 5.78. The quantitative estimate of drug-likeness (QED) is 0.659. The molecule has 3 aromatic rings. The Hall–Kier alpha value is -2.25. The Balaban J connectivity index is 1.84.